The Morgan fingerprint density at radius 3 is 2.43 bits per heavy atom. The summed E-state index contributed by atoms with van der Waals surface area (Å²) in [5.41, 5.74) is 3.82. The highest BCUT2D eigenvalue weighted by molar-refractivity contribution is 7.91. The first-order valence-corrected chi connectivity index (χ1v) is 13.7. The number of nitrogens with zero attached hydrogens (tertiary/aromatic N) is 1. The number of nitriles is 1. The third kappa shape index (κ3) is 7.44. The normalized spacial score (nSPS) is 17.2. The summed E-state index contributed by atoms with van der Waals surface area (Å²) in [5.74, 6) is -0.509. The van der Waals surface area contributed by atoms with Gasteiger partial charge in [0.1, 0.15) is 9.84 Å². The van der Waals surface area contributed by atoms with Gasteiger partial charge in [-0.25, -0.2) is 8.42 Å². The molecule has 1 heterocycles. The molecule has 0 aromatic heterocycles. The predicted octanol–water partition coefficient (Wildman–Crippen LogP) is 4.52. The summed E-state index contributed by atoms with van der Waals surface area (Å²) in [7, 11) is -1.39. The first kappa shape index (κ1) is 26.5. The molecular weight excluding hydrogens is 466 g/mol. The predicted molar refractivity (Wildman–Crippen MR) is 137 cm³/mol. The van der Waals surface area contributed by atoms with Gasteiger partial charge in [0.15, 0.2) is 0 Å². The van der Waals surface area contributed by atoms with Crippen LogP contribution in [0.2, 0.25) is 0 Å². The number of benzene rings is 2. The highest BCUT2D eigenvalue weighted by Gasteiger charge is 2.29. The molecule has 35 heavy (non-hydrogen) atoms. The SMILES string of the molecule is CCC(Nc1ccc(C(COC)CC(=O)O)cc1Nc1ccc(C#N)cc1)C1CCS(=O)(=O)CC1. The molecule has 8 nitrogen and oxygen atoms in total. The van der Waals surface area contributed by atoms with Crippen LogP contribution in [0.1, 0.15) is 49.7 Å². The number of carboxylic acid groups (broad SMARTS) is 1. The van der Waals surface area contributed by atoms with Gasteiger partial charge in [-0.3, -0.25) is 4.79 Å². The molecule has 188 valence electrons. The van der Waals surface area contributed by atoms with Crippen molar-refractivity contribution in [2.45, 2.75) is 44.6 Å². The second-order valence-electron chi connectivity index (χ2n) is 9.02. The minimum absolute atomic E-state index is 0.0505. The molecular formula is C26H33N3O5S. The lowest BCUT2D eigenvalue weighted by Gasteiger charge is -2.32. The van der Waals surface area contributed by atoms with Gasteiger partial charge in [-0.2, -0.15) is 5.26 Å². The zero-order valence-electron chi connectivity index (χ0n) is 20.2. The molecule has 1 aliphatic heterocycles. The zero-order chi connectivity index (χ0) is 25.4. The molecule has 9 heteroatoms. The summed E-state index contributed by atoms with van der Waals surface area (Å²) < 4.78 is 29.1. The summed E-state index contributed by atoms with van der Waals surface area (Å²) >= 11 is 0. The van der Waals surface area contributed by atoms with Crippen LogP contribution in [0.3, 0.4) is 0 Å². The van der Waals surface area contributed by atoms with Crippen LogP contribution < -0.4 is 10.6 Å². The number of methoxy groups -OCH3 is 1. The van der Waals surface area contributed by atoms with Crippen molar-refractivity contribution in [3.63, 3.8) is 0 Å². The van der Waals surface area contributed by atoms with Crippen molar-refractivity contribution in [3.05, 3.63) is 53.6 Å². The Balaban J connectivity index is 1.91. The zero-order valence-corrected chi connectivity index (χ0v) is 21.0. The van der Waals surface area contributed by atoms with Gasteiger partial charge in [0, 0.05) is 24.8 Å². The number of carboxylic acids is 1. The van der Waals surface area contributed by atoms with Crippen LogP contribution in [-0.4, -0.2) is 50.8 Å². The van der Waals surface area contributed by atoms with Crippen LogP contribution in [0.25, 0.3) is 0 Å². The third-order valence-electron chi connectivity index (χ3n) is 6.55. The van der Waals surface area contributed by atoms with E-state index in [1.54, 1.807) is 19.2 Å². The number of aliphatic carboxylic acids is 1. The van der Waals surface area contributed by atoms with E-state index in [1.807, 2.05) is 30.3 Å². The fourth-order valence-electron chi connectivity index (χ4n) is 4.58. The monoisotopic (exact) mass is 499 g/mol. The summed E-state index contributed by atoms with van der Waals surface area (Å²) in [6, 6.07) is 15.1. The van der Waals surface area contributed by atoms with Gasteiger partial charge in [-0.15, -0.1) is 0 Å². The number of rotatable bonds is 11. The molecule has 1 saturated heterocycles. The van der Waals surface area contributed by atoms with Crippen molar-refractivity contribution in [3.8, 4) is 6.07 Å². The fraction of sp³-hybridized carbons (Fsp3) is 0.462. The first-order valence-electron chi connectivity index (χ1n) is 11.8. The molecule has 0 saturated carbocycles. The van der Waals surface area contributed by atoms with E-state index in [2.05, 4.69) is 23.6 Å². The Labute approximate surface area is 207 Å². The molecule has 3 N–H and O–H groups in total. The maximum Gasteiger partial charge on any atom is 0.304 e. The average molecular weight is 500 g/mol. The van der Waals surface area contributed by atoms with E-state index in [1.165, 1.54) is 0 Å². The van der Waals surface area contributed by atoms with Gasteiger partial charge in [0.2, 0.25) is 0 Å². The van der Waals surface area contributed by atoms with Crippen LogP contribution in [0.4, 0.5) is 17.1 Å². The van der Waals surface area contributed by atoms with E-state index < -0.39 is 15.8 Å². The standard InChI is InChI=1S/C26H33N3O5S/c1-3-23(19-10-12-35(32,33)13-11-19)29-24-9-6-20(21(17-34-2)15-26(30)31)14-25(24)28-22-7-4-18(16-27)5-8-22/h4-9,14,19,21,23,28-29H,3,10-13,15,17H2,1-2H3,(H,30,31). The summed E-state index contributed by atoms with van der Waals surface area (Å²) in [6.07, 6.45) is 2.07. The smallest absolute Gasteiger partial charge is 0.304 e. The van der Waals surface area contributed by atoms with E-state index in [0.29, 0.717) is 18.4 Å². The Kier molecular flexibility index (Phi) is 9.13. The number of sulfone groups is 1. The Morgan fingerprint density at radius 1 is 1.17 bits per heavy atom. The lowest BCUT2D eigenvalue weighted by molar-refractivity contribution is -0.137. The number of hydrogen-bond acceptors (Lipinski definition) is 7. The second-order valence-corrected chi connectivity index (χ2v) is 11.3. The molecule has 0 spiro atoms. The van der Waals surface area contributed by atoms with E-state index >= 15 is 0 Å². The largest absolute Gasteiger partial charge is 0.481 e. The number of ether oxygens (including phenoxy) is 1. The van der Waals surface area contributed by atoms with Crippen molar-refractivity contribution < 1.29 is 23.1 Å². The quantitative estimate of drug-likeness (QED) is 0.412. The van der Waals surface area contributed by atoms with Gasteiger partial charge < -0.3 is 20.5 Å². The molecule has 0 amide bonds. The van der Waals surface area contributed by atoms with Crippen molar-refractivity contribution in [2.24, 2.45) is 5.92 Å². The van der Waals surface area contributed by atoms with Gasteiger partial charge in [0.05, 0.1) is 47.5 Å². The highest BCUT2D eigenvalue weighted by atomic mass is 32.2. The molecule has 0 radical (unpaired) electrons. The van der Waals surface area contributed by atoms with Crippen LogP contribution in [-0.2, 0) is 19.4 Å². The van der Waals surface area contributed by atoms with Gasteiger partial charge in [-0.05, 0) is 67.1 Å². The Hall–Kier alpha value is -3.09. The lowest BCUT2D eigenvalue weighted by atomic mass is 9.91. The minimum Gasteiger partial charge on any atom is -0.481 e. The second kappa shape index (κ2) is 12.0. The molecule has 1 fully saturated rings. The Morgan fingerprint density at radius 2 is 1.86 bits per heavy atom. The van der Waals surface area contributed by atoms with Crippen molar-refractivity contribution in [2.75, 3.05) is 35.9 Å². The molecule has 2 atom stereocenters. The van der Waals surface area contributed by atoms with E-state index in [4.69, 9.17) is 10.00 Å². The van der Waals surface area contributed by atoms with Crippen LogP contribution >= 0.6 is 0 Å². The van der Waals surface area contributed by atoms with Crippen LogP contribution in [0.15, 0.2) is 42.5 Å². The molecule has 1 aliphatic rings. The summed E-state index contributed by atoms with van der Waals surface area (Å²) in [4.78, 5) is 11.4. The van der Waals surface area contributed by atoms with Crippen molar-refractivity contribution in [1.29, 1.82) is 5.26 Å². The third-order valence-corrected chi connectivity index (χ3v) is 8.26. The Bertz CT molecular complexity index is 1140. The molecule has 2 unspecified atom stereocenters. The average Bonchev–Trinajstić information content (AvgIpc) is 2.83. The molecule has 0 bridgehead atoms. The highest BCUT2D eigenvalue weighted by Crippen LogP contribution is 2.34. The maximum atomic E-state index is 11.9. The number of carbonyl (C=O) groups is 1. The van der Waals surface area contributed by atoms with Gasteiger partial charge >= 0.3 is 5.97 Å². The van der Waals surface area contributed by atoms with Crippen LogP contribution in [0.5, 0.6) is 0 Å². The topological polar surface area (TPSA) is 129 Å². The molecule has 0 aliphatic carbocycles. The van der Waals surface area contributed by atoms with Crippen molar-refractivity contribution >= 4 is 32.9 Å². The van der Waals surface area contributed by atoms with Crippen LogP contribution in [0, 0.1) is 17.2 Å². The fourth-order valence-corrected chi connectivity index (χ4v) is 6.11. The maximum absolute atomic E-state index is 11.9. The summed E-state index contributed by atoms with van der Waals surface area (Å²) in [5, 5.41) is 25.5. The summed E-state index contributed by atoms with van der Waals surface area (Å²) in [6.45, 7) is 2.37. The number of anilines is 3. The van der Waals surface area contributed by atoms with Crippen molar-refractivity contribution in [1.82, 2.24) is 0 Å². The lowest BCUT2D eigenvalue weighted by Crippen LogP contribution is -2.35. The van der Waals surface area contributed by atoms with E-state index in [0.717, 1.165) is 29.0 Å². The van der Waals surface area contributed by atoms with Gasteiger partial charge in [-0.1, -0.05) is 13.0 Å². The molecule has 2 aromatic rings. The molecule has 3 rings (SSSR count). The number of nitrogens with one attached hydrogen (secondary N) is 2. The molecule has 2 aromatic carbocycles. The first-order chi connectivity index (χ1) is 16.7. The van der Waals surface area contributed by atoms with E-state index in [9.17, 15) is 18.3 Å². The number of hydrogen-bond donors (Lipinski definition) is 3. The van der Waals surface area contributed by atoms with E-state index in [-0.39, 0.29) is 42.4 Å². The van der Waals surface area contributed by atoms with Gasteiger partial charge in [0.25, 0.3) is 0 Å². The minimum atomic E-state index is -2.94.